The maximum atomic E-state index is 9.91. The monoisotopic (exact) mass is 270 g/mol. The highest BCUT2D eigenvalue weighted by molar-refractivity contribution is 5.11. The molecule has 1 spiro atoms. The fourth-order valence-electron chi connectivity index (χ4n) is 4.20. The molecule has 2 heterocycles. The lowest BCUT2D eigenvalue weighted by molar-refractivity contribution is -0.312. The summed E-state index contributed by atoms with van der Waals surface area (Å²) in [6.45, 7) is 8.56. The second kappa shape index (κ2) is 4.17. The van der Waals surface area contributed by atoms with Gasteiger partial charge in [-0.2, -0.15) is 0 Å². The number of fused-ring (bicyclic) bond motifs is 1. The van der Waals surface area contributed by atoms with Gasteiger partial charge in [0.2, 0.25) is 0 Å². The Morgan fingerprint density at radius 1 is 1.26 bits per heavy atom. The third-order valence-electron chi connectivity index (χ3n) is 5.06. The first-order chi connectivity index (χ1) is 8.74. The van der Waals surface area contributed by atoms with E-state index in [1.165, 1.54) is 0 Å². The highest BCUT2D eigenvalue weighted by Gasteiger charge is 2.65. The summed E-state index contributed by atoms with van der Waals surface area (Å²) >= 11 is 0. The molecule has 0 amide bonds. The number of aliphatic hydroxyl groups is 1. The highest BCUT2D eigenvalue weighted by Crippen LogP contribution is 2.60. The quantitative estimate of drug-likeness (QED) is 0.795. The Bertz CT molecular complexity index is 364. The molecule has 0 aromatic rings. The minimum atomic E-state index is -0.686. The summed E-state index contributed by atoms with van der Waals surface area (Å²) in [7, 11) is 0. The Morgan fingerprint density at radius 3 is 2.68 bits per heavy atom. The van der Waals surface area contributed by atoms with Gasteiger partial charge in [-0.25, -0.2) is 0 Å². The molecule has 1 aliphatic carbocycles. The van der Waals surface area contributed by atoms with E-state index >= 15 is 0 Å². The fourth-order valence-corrected chi connectivity index (χ4v) is 4.20. The molecule has 0 radical (unpaired) electrons. The van der Waals surface area contributed by atoms with E-state index in [1.54, 1.807) is 0 Å². The molecular weight excluding hydrogens is 244 g/mol. The molecule has 3 fully saturated rings. The van der Waals surface area contributed by atoms with E-state index in [0.717, 1.165) is 25.7 Å². The van der Waals surface area contributed by atoms with Gasteiger partial charge in [-0.15, -0.1) is 0 Å². The third-order valence-corrected chi connectivity index (χ3v) is 5.06. The molecular formula is C15H26O4. The predicted octanol–water partition coefficient (Wildman–Crippen LogP) is 2.58. The number of ether oxygens (including phenoxy) is 3. The molecule has 2 saturated heterocycles. The molecule has 19 heavy (non-hydrogen) atoms. The zero-order chi connectivity index (χ0) is 13.9. The Kier molecular flexibility index (Phi) is 3.03. The Balaban J connectivity index is 1.90. The fraction of sp³-hybridized carbons (Fsp3) is 1.00. The van der Waals surface area contributed by atoms with Crippen LogP contribution in [-0.2, 0) is 14.2 Å². The highest BCUT2D eigenvalue weighted by atomic mass is 16.8. The van der Waals surface area contributed by atoms with Crippen LogP contribution in [0.2, 0.25) is 0 Å². The van der Waals surface area contributed by atoms with Crippen molar-refractivity contribution in [2.24, 2.45) is 5.41 Å². The second-order valence-electron chi connectivity index (χ2n) is 7.57. The molecule has 5 atom stereocenters. The number of hydrogen-bond donors (Lipinski definition) is 1. The van der Waals surface area contributed by atoms with Gasteiger partial charge in [-0.05, 0) is 40.0 Å². The van der Waals surface area contributed by atoms with Crippen LogP contribution in [0.3, 0.4) is 0 Å². The molecule has 0 aromatic carbocycles. The van der Waals surface area contributed by atoms with Gasteiger partial charge in [0.1, 0.15) is 0 Å². The van der Waals surface area contributed by atoms with Gasteiger partial charge in [0.15, 0.2) is 12.6 Å². The molecule has 3 aliphatic rings. The summed E-state index contributed by atoms with van der Waals surface area (Å²) in [4.78, 5) is 0. The summed E-state index contributed by atoms with van der Waals surface area (Å²) in [5, 5.41) is 9.91. The lowest BCUT2D eigenvalue weighted by Crippen LogP contribution is -2.57. The first kappa shape index (κ1) is 13.8. The molecule has 2 bridgehead atoms. The number of aliphatic hydroxyl groups excluding tert-OH is 1. The topological polar surface area (TPSA) is 47.9 Å². The van der Waals surface area contributed by atoms with E-state index < -0.39 is 6.29 Å². The average Bonchev–Trinajstić information content (AvgIpc) is 2.44. The summed E-state index contributed by atoms with van der Waals surface area (Å²) in [5.74, 6) is 0. The van der Waals surface area contributed by atoms with Gasteiger partial charge >= 0.3 is 0 Å². The van der Waals surface area contributed by atoms with Crippen LogP contribution in [0.25, 0.3) is 0 Å². The molecule has 1 N–H and O–H groups in total. The zero-order valence-corrected chi connectivity index (χ0v) is 12.4. The first-order valence-electron chi connectivity index (χ1n) is 7.43. The van der Waals surface area contributed by atoms with Gasteiger partial charge in [0.05, 0.1) is 17.3 Å². The van der Waals surface area contributed by atoms with Crippen molar-refractivity contribution in [1.82, 2.24) is 0 Å². The van der Waals surface area contributed by atoms with E-state index in [1.807, 2.05) is 0 Å². The number of rotatable bonds is 1. The van der Waals surface area contributed by atoms with Crippen molar-refractivity contribution in [3.8, 4) is 0 Å². The molecule has 4 heteroatoms. The van der Waals surface area contributed by atoms with E-state index in [0.29, 0.717) is 6.42 Å². The Hall–Kier alpha value is -0.160. The zero-order valence-electron chi connectivity index (χ0n) is 12.4. The van der Waals surface area contributed by atoms with Crippen molar-refractivity contribution in [3.05, 3.63) is 0 Å². The van der Waals surface area contributed by atoms with Crippen LogP contribution in [0.1, 0.15) is 59.8 Å². The van der Waals surface area contributed by atoms with E-state index in [-0.39, 0.29) is 29.0 Å². The molecule has 4 nitrogen and oxygen atoms in total. The number of hydrogen-bond acceptors (Lipinski definition) is 4. The maximum Gasteiger partial charge on any atom is 0.162 e. The summed E-state index contributed by atoms with van der Waals surface area (Å²) in [6.07, 6.45) is 3.79. The predicted molar refractivity (Wildman–Crippen MR) is 70.5 cm³/mol. The van der Waals surface area contributed by atoms with Crippen LogP contribution in [0.15, 0.2) is 0 Å². The standard InChI is InChI=1S/C15H26O4/c1-13(2,3)18-10-6-5-7-15-8-11(16)17-12(19-15)9-14(10,15)4/h10-12,16H,5-9H2,1-4H3/t10-,11?,12+,14+,15+/m0/s1. The van der Waals surface area contributed by atoms with Gasteiger partial charge in [0.25, 0.3) is 0 Å². The Morgan fingerprint density at radius 2 is 2.00 bits per heavy atom. The lowest BCUT2D eigenvalue weighted by atomic mass is 9.61. The van der Waals surface area contributed by atoms with Crippen LogP contribution in [0.5, 0.6) is 0 Å². The van der Waals surface area contributed by atoms with E-state index in [9.17, 15) is 5.11 Å². The molecule has 2 aliphatic heterocycles. The maximum absolute atomic E-state index is 9.91. The minimum Gasteiger partial charge on any atom is -0.372 e. The van der Waals surface area contributed by atoms with Crippen molar-refractivity contribution in [2.45, 2.75) is 89.7 Å². The van der Waals surface area contributed by atoms with Crippen molar-refractivity contribution in [1.29, 1.82) is 0 Å². The van der Waals surface area contributed by atoms with Crippen molar-refractivity contribution in [2.75, 3.05) is 0 Å². The van der Waals surface area contributed by atoms with Crippen molar-refractivity contribution < 1.29 is 19.3 Å². The van der Waals surface area contributed by atoms with E-state index in [4.69, 9.17) is 14.2 Å². The van der Waals surface area contributed by atoms with Gasteiger partial charge in [-0.1, -0.05) is 6.92 Å². The van der Waals surface area contributed by atoms with Crippen LogP contribution in [0.4, 0.5) is 0 Å². The minimum absolute atomic E-state index is 0.0549. The molecule has 1 unspecified atom stereocenters. The third kappa shape index (κ3) is 2.13. The summed E-state index contributed by atoms with van der Waals surface area (Å²) in [6, 6.07) is 0. The Labute approximate surface area is 115 Å². The normalized spacial score (nSPS) is 50.1. The van der Waals surface area contributed by atoms with Gasteiger partial charge in [-0.3, -0.25) is 0 Å². The van der Waals surface area contributed by atoms with Gasteiger partial charge < -0.3 is 19.3 Å². The SMILES string of the molecule is CC(C)(C)O[C@H]1CCC[C@@]23CC(O)O[C@@H](C[C@]12C)O3. The van der Waals surface area contributed by atoms with Gasteiger partial charge in [0, 0.05) is 18.3 Å². The first-order valence-corrected chi connectivity index (χ1v) is 7.43. The molecule has 110 valence electrons. The van der Waals surface area contributed by atoms with Crippen LogP contribution < -0.4 is 0 Å². The second-order valence-corrected chi connectivity index (χ2v) is 7.57. The van der Waals surface area contributed by atoms with E-state index in [2.05, 4.69) is 27.7 Å². The molecule has 0 aromatic heterocycles. The lowest BCUT2D eigenvalue weighted by Gasteiger charge is -2.52. The average molecular weight is 270 g/mol. The van der Waals surface area contributed by atoms with Crippen molar-refractivity contribution in [3.63, 3.8) is 0 Å². The van der Waals surface area contributed by atoms with Crippen LogP contribution in [-0.4, -0.2) is 35.0 Å². The largest absolute Gasteiger partial charge is 0.372 e. The smallest absolute Gasteiger partial charge is 0.162 e. The summed E-state index contributed by atoms with van der Waals surface area (Å²) < 4.78 is 17.9. The van der Waals surface area contributed by atoms with Crippen LogP contribution >= 0.6 is 0 Å². The van der Waals surface area contributed by atoms with Crippen LogP contribution in [0, 0.1) is 5.41 Å². The van der Waals surface area contributed by atoms with Crippen molar-refractivity contribution >= 4 is 0 Å². The molecule has 1 saturated carbocycles. The molecule has 3 rings (SSSR count). The summed E-state index contributed by atoms with van der Waals surface area (Å²) in [5.41, 5.74) is -0.466.